The first-order valence-electron chi connectivity index (χ1n) is 6.76. The van der Waals surface area contributed by atoms with Gasteiger partial charge in [0.2, 0.25) is 0 Å². The molecule has 2 unspecified atom stereocenters. The van der Waals surface area contributed by atoms with Crippen molar-refractivity contribution in [2.75, 3.05) is 26.0 Å². The molecular weight excluding hydrogens is 294 g/mol. The number of hydrogen-bond donors (Lipinski definition) is 0. The van der Waals surface area contributed by atoms with Crippen LogP contribution in [0.25, 0.3) is 0 Å². The molecule has 2 atom stereocenters. The molecule has 20 heavy (non-hydrogen) atoms. The number of benzene rings is 1. The van der Waals surface area contributed by atoms with E-state index >= 15 is 0 Å². The van der Waals surface area contributed by atoms with Gasteiger partial charge in [-0.15, -0.1) is 0 Å². The van der Waals surface area contributed by atoms with Crippen molar-refractivity contribution < 1.29 is 12.6 Å². The van der Waals surface area contributed by atoms with E-state index in [0.29, 0.717) is 17.4 Å². The highest BCUT2D eigenvalue weighted by Crippen LogP contribution is 2.19. The molecule has 1 aromatic carbocycles. The maximum Gasteiger partial charge on any atom is 0.189 e. The Balaban J connectivity index is 1.77. The number of nitrogens with zero attached hydrogens (tertiary/aromatic N) is 1. The molecule has 1 heterocycles. The first kappa shape index (κ1) is 15.8. The summed E-state index contributed by atoms with van der Waals surface area (Å²) in [5.41, 5.74) is 1.14. The number of piperidine rings is 1. The molecule has 2 rings (SSSR count). The van der Waals surface area contributed by atoms with E-state index in [2.05, 4.69) is 0 Å². The van der Waals surface area contributed by atoms with Crippen LogP contribution in [0.5, 0.6) is 0 Å². The fraction of sp³-hybridized carbons (Fsp3) is 0.571. The lowest BCUT2D eigenvalue weighted by Crippen LogP contribution is -2.35. The first-order chi connectivity index (χ1) is 9.56. The third-order valence-corrected chi connectivity index (χ3v) is 5.66. The van der Waals surface area contributed by atoms with E-state index in [1.807, 2.05) is 35.5 Å². The summed E-state index contributed by atoms with van der Waals surface area (Å²) in [6, 6.07) is 7.56. The second kappa shape index (κ2) is 7.45. The number of hydrogen-bond acceptors (Lipinski definition) is 3. The molecule has 1 aliphatic rings. The van der Waals surface area contributed by atoms with Crippen molar-refractivity contribution in [3.8, 4) is 0 Å². The number of aryl methyl sites for hydroxylation is 1. The van der Waals surface area contributed by atoms with Gasteiger partial charge < -0.3 is 0 Å². The monoisotopic (exact) mass is 315 g/mol. The summed E-state index contributed by atoms with van der Waals surface area (Å²) in [7, 11) is -0.879. The van der Waals surface area contributed by atoms with Gasteiger partial charge in [-0.2, -0.15) is 0 Å². The highest BCUT2D eigenvalue weighted by molar-refractivity contribution is 7.81. The lowest BCUT2D eigenvalue weighted by atomic mass is 10.00. The third-order valence-electron chi connectivity index (χ3n) is 3.56. The second-order valence-electron chi connectivity index (χ2n) is 5.13. The van der Waals surface area contributed by atoms with Gasteiger partial charge in [-0.25, -0.2) is 12.7 Å². The van der Waals surface area contributed by atoms with E-state index in [0.717, 1.165) is 31.5 Å². The molecule has 0 radical (unpaired) electrons. The zero-order valence-corrected chi connectivity index (χ0v) is 13.5. The van der Waals surface area contributed by atoms with Crippen molar-refractivity contribution in [2.45, 2.75) is 24.7 Å². The smallest absolute Gasteiger partial charge is 0.189 e. The topological polar surface area (TPSA) is 46.6 Å². The molecule has 1 fully saturated rings. The summed E-state index contributed by atoms with van der Waals surface area (Å²) in [6.07, 6.45) is 3.61. The molecule has 0 bridgehead atoms. The Morgan fingerprint density at radius 1 is 1.20 bits per heavy atom. The lowest BCUT2D eigenvalue weighted by molar-refractivity contribution is 0.200. The number of rotatable bonds is 5. The SMILES string of the molecule is Cc1ccc(S(=O)OCC2CCN(S(C)=O)CC2)cc1. The molecule has 0 spiro atoms. The van der Waals surface area contributed by atoms with Crippen molar-refractivity contribution >= 4 is 22.1 Å². The van der Waals surface area contributed by atoms with Crippen molar-refractivity contribution in [3.05, 3.63) is 29.8 Å². The highest BCUT2D eigenvalue weighted by Gasteiger charge is 2.22. The molecule has 1 saturated heterocycles. The molecule has 0 N–H and O–H groups in total. The largest absolute Gasteiger partial charge is 0.286 e. The van der Waals surface area contributed by atoms with Crippen LogP contribution in [0.1, 0.15) is 18.4 Å². The minimum Gasteiger partial charge on any atom is -0.286 e. The average Bonchev–Trinajstić information content (AvgIpc) is 2.46. The molecule has 6 heteroatoms. The van der Waals surface area contributed by atoms with Crippen LogP contribution in [0, 0.1) is 12.8 Å². The second-order valence-corrected chi connectivity index (χ2v) is 7.67. The summed E-state index contributed by atoms with van der Waals surface area (Å²) in [4.78, 5) is 0.711. The Kier molecular flexibility index (Phi) is 5.89. The summed E-state index contributed by atoms with van der Waals surface area (Å²) >= 11 is -1.38. The van der Waals surface area contributed by atoms with Crippen LogP contribution < -0.4 is 0 Å². The summed E-state index contributed by atoms with van der Waals surface area (Å²) in [5, 5.41) is 0. The van der Waals surface area contributed by atoms with Crippen molar-refractivity contribution in [2.24, 2.45) is 5.92 Å². The van der Waals surface area contributed by atoms with Crippen molar-refractivity contribution in [1.29, 1.82) is 0 Å². The Hall–Kier alpha value is -0.560. The van der Waals surface area contributed by atoms with E-state index < -0.39 is 22.1 Å². The Morgan fingerprint density at radius 3 is 2.35 bits per heavy atom. The van der Waals surface area contributed by atoms with Crippen molar-refractivity contribution in [1.82, 2.24) is 4.31 Å². The van der Waals surface area contributed by atoms with E-state index in [9.17, 15) is 8.42 Å². The fourth-order valence-electron chi connectivity index (χ4n) is 2.21. The zero-order valence-electron chi connectivity index (χ0n) is 11.9. The maximum absolute atomic E-state index is 12.0. The van der Waals surface area contributed by atoms with Gasteiger partial charge in [0.1, 0.15) is 0 Å². The minimum absolute atomic E-state index is 0.407. The van der Waals surface area contributed by atoms with E-state index in [1.165, 1.54) is 0 Å². The summed E-state index contributed by atoms with van der Waals surface area (Å²) < 4.78 is 30.8. The third kappa shape index (κ3) is 4.48. The van der Waals surface area contributed by atoms with Crippen LogP contribution in [0.2, 0.25) is 0 Å². The van der Waals surface area contributed by atoms with E-state index in [1.54, 1.807) is 6.26 Å². The van der Waals surface area contributed by atoms with Gasteiger partial charge in [-0.05, 0) is 37.8 Å². The summed E-state index contributed by atoms with van der Waals surface area (Å²) in [6.45, 7) is 4.16. The van der Waals surface area contributed by atoms with Crippen LogP contribution >= 0.6 is 0 Å². The minimum atomic E-state index is -1.38. The first-order valence-corrected chi connectivity index (χ1v) is 9.35. The zero-order chi connectivity index (χ0) is 14.5. The molecule has 0 aliphatic carbocycles. The Labute approximate surface area is 125 Å². The normalized spacial score (nSPS) is 20.7. The predicted octanol–water partition coefficient (Wildman–Crippen LogP) is 2.04. The maximum atomic E-state index is 12.0. The molecule has 0 saturated carbocycles. The van der Waals surface area contributed by atoms with E-state index in [-0.39, 0.29) is 0 Å². The van der Waals surface area contributed by atoms with Gasteiger partial charge in [0.25, 0.3) is 0 Å². The lowest BCUT2D eigenvalue weighted by Gasteiger charge is -2.29. The van der Waals surface area contributed by atoms with Gasteiger partial charge >= 0.3 is 0 Å². The average molecular weight is 315 g/mol. The van der Waals surface area contributed by atoms with Crippen LogP contribution in [-0.4, -0.2) is 38.7 Å². The van der Waals surface area contributed by atoms with Gasteiger partial charge in [-0.3, -0.25) is 4.18 Å². The van der Waals surface area contributed by atoms with Crippen LogP contribution in [-0.2, 0) is 26.2 Å². The van der Waals surface area contributed by atoms with Gasteiger partial charge in [-0.1, -0.05) is 17.7 Å². The molecule has 0 aromatic heterocycles. The van der Waals surface area contributed by atoms with Crippen molar-refractivity contribution in [3.63, 3.8) is 0 Å². The van der Waals surface area contributed by atoms with Crippen LogP contribution in [0.15, 0.2) is 29.2 Å². The molecule has 0 amide bonds. The van der Waals surface area contributed by atoms with E-state index in [4.69, 9.17) is 4.18 Å². The van der Waals surface area contributed by atoms with Crippen LogP contribution in [0.4, 0.5) is 0 Å². The summed E-state index contributed by atoms with van der Waals surface area (Å²) in [5.74, 6) is 0.407. The molecule has 1 aliphatic heterocycles. The fourth-order valence-corrected chi connectivity index (χ4v) is 3.74. The molecule has 1 aromatic rings. The molecular formula is C14H21NO3S2. The standard InChI is InChI=1S/C14H21NO3S2/c1-12-3-5-14(6-4-12)20(17)18-11-13-7-9-15(10-8-13)19(2)16/h3-6,13H,7-11H2,1-2H3. The predicted molar refractivity (Wildman–Crippen MR) is 81.9 cm³/mol. The van der Waals surface area contributed by atoms with Crippen LogP contribution in [0.3, 0.4) is 0 Å². The van der Waals surface area contributed by atoms with Gasteiger partial charge in [0.05, 0.1) is 22.5 Å². The molecule has 112 valence electrons. The molecule has 4 nitrogen and oxygen atoms in total. The van der Waals surface area contributed by atoms with Gasteiger partial charge in [0, 0.05) is 19.3 Å². The Morgan fingerprint density at radius 2 is 1.80 bits per heavy atom. The quantitative estimate of drug-likeness (QED) is 0.835. The Bertz CT molecular complexity index is 482. The highest BCUT2D eigenvalue weighted by atomic mass is 32.2. The van der Waals surface area contributed by atoms with Gasteiger partial charge in [0.15, 0.2) is 11.1 Å².